The van der Waals surface area contributed by atoms with Crippen molar-refractivity contribution in [2.24, 2.45) is 7.05 Å². The SMILES string of the molecule is CCOc1ccc2c(c1)c(C#N)cn2C. The Hall–Kier alpha value is -1.95. The van der Waals surface area contributed by atoms with E-state index in [9.17, 15) is 0 Å². The van der Waals surface area contributed by atoms with Crippen molar-refractivity contribution in [3.8, 4) is 11.8 Å². The molecule has 76 valence electrons. The molecule has 15 heavy (non-hydrogen) atoms. The van der Waals surface area contributed by atoms with E-state index in [1.807, 2.05) is 42.9 Å². The van der Waals surface area contributed by atoms with Crippen LogP contribution < -0.4 is 4.74 Å². The molecule has 2 rings (SSSR count). The maximum Gasteiger partial charge on any atom is 0.120 e. The third kappa shape index (κ3) is 1.55. The van der Waals surface area contributed by atoms with E-state index in [1.54, 1.807) is 0 Å². The average molecular weight is 200 g/mol. The minimum Gasteiger partial charge on any atom is -0.494 e. The summed E-state index contributed by atoms with van der Waals surface area (Å²) in [7, 11) is 1.93. The van der Waals surface area contributed by atoms with Crippen molar-refractivity contribution in [1.82, 2.24) is 4.57 Å². The van der Waals surface area contributed by atoms with Crippen LogP contribution in [0.25, 0.3) is 10.9 Å². The lowest BCUT2D eigenvalue weighted by Crippen LogP contribution is -1.91. The number of aromatic nitrogens is 1. The summed E-state index contributed by atoms with van der Waals surface area (Å²) >= 11 is 0. The third-order valence-corrected chi connectivity index (χ3v) is 2.39. The molecular weight excluding hydrogens is 188 g/mol. The van der Waals surface area contributed by atoms with E-state index < -0.39 is 0 Å². The third-order valence-electron chi connectivity index (χ3n) is 2.39. The molecule has 0 unspecified atom stereocenters. The van der Waals surface area contributed by atoms with Gasteiger partial charge in [-0.05, 0) is 25.1 Å². The van der Waals surface area contributed by atoms with E-state index in [2.05, 4.69) is 6.07 Å². The van der Waals surface area contributed by atoms with Crippen LogP contribution in [-0.4, -0.2) is 11.2 Å². The highest BCUT2D eigenvalue weighted by atomic mass is 16.5. The second-order valence-electron chi connectivity index (χ2n) is 3.38. The predicted molar refractivity (Wildman–Crippen MR) is 58.8 cm³/mol. The zero-order valence-corrected chi connectivity index (χ0v) is 8.82. The number of aryl methyl sites for hydroxylation is 1. The lowest BCUT2D eigenvalue weighted by molar-refractivity contribution is 0.340. The fourth-order valence-electron chi connectivity index (χ4n) is 1.72. The van der Waals surface area contributed by atoms with Crippen LogP contribution in [0.2, 0.25) is 0 Å². The molecule has 1 aromatic carbocycles. The van der Waals surface area contributed by atoms with Gasteiger partial charge < -0.3 is 9.30 Å². The van der Waals surface area contributed by atoms with Crippen LogP contribution in [0.4, 0.5) is 0 Å². The monoisotopic (exact) mass is 200 g/mol. The molecule has 0 aliphatic rings. The molecule has 0 N–H and O–H groups in total. The van der Waals surface area contributed by atoms with Crippen molar-refractivity contribution in [2.45, 2.75) is 6.92 Å². The Bertz CT molecular complexity index is 534. The van der Waals surface area contributed by atoms with E-state index >= 15 is 0 Å². The number of benzene rings is 1. The molecule has 1 heterocycles. The maximum absolute atomic E-state index is 8.97. The van der Waals surface area contributed by atoms with Crippen LogP contribution in [0.5, 0.6) is 5.75 Å². The largest absolute Gasteiger partial charge is 0.494 e. The molecule has 0 radical (unpaired) electrons. The molecule has 0 amide bonds. The Morgan fingerprint density at radius 2 is 2.27 bits per heavy atom. The first-order valence-electron chi connectivity index (χ1n) is 4.88. The van der Waals surface area contributed by atoms with Gasteiger partial charge in [0.15, 0.2) is 0 Å². The summed E-state index contributed by atoms with van der Waals surface area (Å²) in [6, 6.07) is 7.99. The van der Waals surface area contributed by atoms with Crippen LogP contribution in [0.3, 0.4) is 0 Å². The Kier molecular flexibility index (Phi) is 2.34. The van der Waals surface area contributed by atoms with Crippen molar-refractivity contribution < 1.29 is 4.74 Å². The van der Waals surface area contributed by atoms with Crippen LogP contribution in [-0.2, 0) is 7.05 Å². The van der Waals surface area contributed by atoms with Crippen LogP contribution in [0.15, 0.2) is 24.4 Å². The molecule has 3 heteroatoms. The fraction of sp³-hybridized carbons (Fsp3) is 0.250. The summed E-state index contributed by atoms with van der Waals surface area (Å²) in [4.78, 5) is 0. The second kappa shape index (κ2) is 3.66. The summed E-state index contributed by atoms with van der Waals surface area (Å²) in [6.07, 6.45) is 1.83. The van der Waals surface area contributed by atoms with Crippen molar-refractivity contribution in [3.63, 3.8) is 0 Å². The fourth-order valence-corrected chi connectivity index (χ4v) is 1.72. The van der Waals surface area contributed by atoms with Crippen molar-refractivity contribution in [2.75, 3.05) is 6.61 Å². The van der Waals surface area contributed by atoms with Crippen molar-refractivity contribution >= 4 is 10.9 Å². The molecule has 0 saturated heterocycles. The summed E-state index contributed by atoms with van der Waals surface area (Å²) < 4.78 is 7.35. The molecule has 0 saturated carbocycles. The minimum atomic E-state index is 0.639. The van der Waals surface area contributed by atoms with Gasteiger partial charge in [-0.1, -0.05) is 0 Å². The smallest absolute Gasteiger partial charge is 0.120 e. The molecule has 1 aromatic heterocycles. The number of rotatable bonds is 2. The van der Waals surface area contributed by atoms with E-state index in [0.29, 0.717) is 12.2 Å². The van der Waals surface area contributed by atoms with E-state index in [-0.39, 0.29) is 0 Å². The summed E-state index contributed by atoms with van der Waals surface area (Å²) in [5.74, 6) is 0.813. The first kappa shape index (κ1) is 9.60. The Morgan fingerprint density at radius 3 is 2.93 bits per heavy atom. The van der Waals surface area contributed by atoms with Gasteiger partial charge in [0.2, 0.25) is 0 Å². The van der Waals surface area contributed by atoms with Crippen LogP contribution in [0.1, 0.15) is 12.5 Å². The Morgan fingerprint density at radius 1 is 1.47 bits per heavy atom. The van der Waals surface area contributed by atoms with Gasteiger partial charge in [-0.25, -0.2) is 0 Å². The lowest BCUT2D eigenvalue weighted by Gasteiger charge is -2.03. The molecule has 0 atom stereocenters. The lowest BCUT2D eigenvalue weighted by atomic mass is 10.2. The molecule has 0 fully saturated rings. The highest BCUT2D eigenvalue weighted by molar-refractivity contribution is 5.87. The zero-order valence-electron chi connectivity index (χ0n) is 8.82. The van der Waals surface area contributed by atoms with Crippen molar-refractivity contribution in [1.29, 1.82) is 5.26 Å². The molecule has 0 aliphatic carbocycles. The highest BCUT2D eigenvalue weighted by Gasteiger charge is 2.06. The Labute approximate surface area is 88.5 Å². The number of hydrogen-bond acceptors (Lipinski definition) is 2. The Balaban J connectivity index is 2.64. The number of hydrogen-bond donors (Lipinski definition) is 0. The van der Waals surface area contributed by atoms with Crippen LogP contribution in [0, 0.1) is 11.3 Å². The summed E-state index contributed by atoms with van der Waals surface area (Å²) in [6.45, 7) is 2.58. The molecule has 3 nitrogen and oxygen atoms in total. The zero-order chi connectivity index (χ0) is 10.8. The van der Waals surface area contributed by atoms with Gasteiger partial charge in [-0.2, -0.15) is 5.26 Å². The molecule has 2 aromatic rings. The second-order valence-corrected chi connectivity index (χ2v) is 3.38. The maximum atomic E-state index is 8.97. The van der Waals surface area contributed by atoms with Crippen LogP contribution >= 0.6 is 0 Å². The highest BCUT2D eigenvalue weighted by Crippen LogP contribution is 2.24. The average Bonchev–Trinajstić information content (AvgIpc) is 2.56. The minimum absolute atomic E-state index is 0.639. The van der Waals surface area contributed by atoms with E-state index in [0.717, 1.165) is 16.7 Å². The number of nitrogens with zero attached hydrogens (tertiary/aromatic N) is 2. The van der Waals surface area contributed by atoms with Gasteiger partial charge in [-0.15, -0.1) is 0 Å². The van der Waals surface area contributed by atoms with E-state index in [1.165, 1.54) is 0 Å². The normalized spacial score (nSPS) is 10.2. The molecule has 0 spiro atoms. The number of nitriles is 1. The van der Waals surface area contributed by atoms with Gasteiger partial charge >= 0.3 is 0 Å². The molecular formula is C12H12N2O. The quantitative estimate of drug-likeness (QED) is 0.746. The van der Waals surface area contributed by atoms with Gasteiger partial charge in [0, 0.05) is 24.1 Å². The number of fused-ring (bicyclic) bond motifs is 1. The summed E-state index contributed by atoms with van der Waals surface area (Å²) in [5.41, 5.74) is 1.74. The summed E-state index contributed by atoms with van der Waals surface area (Å²) in [5, 5.41) is 9.92. The topological polar surface area (TPSA) is 37.9 Å². The standard InChI is InChI=1S/C12H12N2O/c1-3-15-10-4-5-12-11(6-10)9(7-13)8-14(12)2/h4-6,8H,3H2,1-2H3. The first-order chi connectivity index (χ1) is 7.26. The van der Waals surface area contributed by atoms with Gasteiger partial charge in [0.25, 0.3) is 0 Å². The first-order valence-corrected chi connectivity index (χ1v) is 4.88. The van der Waals surface area contributed by atoms with Crippen molar-refractivity contribution in [3.05, 3.63) is 30.0 Å². The molecule has 0 bridgehead atoms. The van der Waals surface area contributed by atoms with Gasteiger partial charge in [0.05, 0.1) is 12.2 Å². The van der Waals surface area contributed by atoms with Gasteiger partial charge in [-0.3, -0.25) is 0 Å². The number of ether oxygens (including phenoxy) is 1. The molecule has 0 aliphatic heterocycles. The predicted octanol–water partition coefficient (Wildman–Crippen LogP) is 2.45. The van der Waals surface area contributed by atoms with Gasteiger partial charge in [0.1, 0.15) is 11.8 Å². The van der Waals surface area contributed by atoms with E-state index in [4.69, 9.17) is 10.00 Å².